The normalized spacial score (nSPS) is 16.2. The molecule has 3 rings (SSSR count). The van der Waals surface area contributed by atoms with Crippen molar-refractivity contribution in [2.45, 2.75) is 70.9 Å². The fraction of sp³-hybridized carbons (Fsp3) is 0.407. The Balaban J connectivity index is 2.14. The number of hydrogen-bond donors (Lipinski definition) is 0. The second-order valence-corrected chi connectivity index (χ2v) is 16.3. The van der Waals surface area contributed by atoms with E-state index in [2.05, 4.69) is 121 Å². The maximum absolute atomic E-state index is 2.51. The minimum Gasteiger partial charge on any atom is -0.0885 e. The molecule has 1 aliphatic rings. The largest absolute Gasteiger partial charge is 0.0885 e. The van der Waals surface area contributed by atoms with Gasteiger partial charge in [0.2, 0.25) is 0 Å². The van der Waals surface area contributed by atoms with Gasteiger partial charge < -0.3 is 0 Å². The Hall–Kier alpha value is -1.22. The highest BCUT2D eigenvalue weighted by molar-refractivity contribution is 7.77. The summed E-state index contributed by atoms with van der Waals surface area (Å²) in [7, 11) is -0.709. The van der Waals surface area contributed by atoms with Crippen LogP contribution in [0.5, 0.6) is 0 Å². The van der Waals surface area contributed by atoms with E-state index >= 15 is 0 Å². The highest BCUT2D eigenvalue weighted by Crippen LogP contribution is 2.66. The topological polar surface area (TPSA) is 0 Å². The third-order valence-electron chi connectivity index (χ3n) is 5.55. The SMILES string of the molecule is C[C@H](C1=C(P(c2ccccc2)c2ccccc2)C=CC1)P(C(C)(C)C)C(C)(C)C. The molecular weight excluding hydrogens is 386 g/mol. The molecular formula is C27H36P2. The molecule has 0 aliphatic heterocycles. The summed E-state index contributed by atoms with van der Waals surface area (Å²) in [6.45, 7) is 17.2. The lowest BCUT2D eigenvalue weighted by Crippen LogP contribution is -2.31. The van der Waals surface area contributed by atoms with Crippen LogP contribution in [-0.4, -0.2) is 16.0 Å². The summed E-state index contributed by atoms with van der Waals surface area (Å²) in [4.78, 5) is 0. The van der Waals surface area contributed by atoms with Crippen LogP contribution < -0.4 is 10.6 Å². The molecule has 0 radical (unpaired) electrons. The lowest BCUT2D eigenvalue weighted by Gasteiger charge is -2.46. The van der Waals surface area contributed by atoms with E-state index < -0.39 is 7.92 Å². The second-order valence-electron chi connectivity index (χ2n) is 9.91. The summed E-state index contributed by atoms with van der Waals surface area (Å²) in [6, 6.07) is 22.3. The summed E-state index contributed by atoms with van der Waals surface area (Å²) >= 11 is 0. The Morgan fingerprint density at radius 2 is 1.17 bits per heavy atom. The molecule has 0 bridgehead atoms. The molecule has 154 valence electrons. The molecule has 0 saturated heterocycles. The molecule has 1 atom stereocenters. The molecule has 2 aromatic rings. The van der Waals surface area contributed by atoms with Crippen LogP contribution in [0.15, 0.2) is 83.7 Å². The smallest absolute Gasteiger partial charge is 0.000563 e. The average Bonchev–Trinajstić information content (AvgIpc) is 3.11. The fourth-order valence-electron chi connectivity index (χ4n) is 5.02. The van der Waals surface area contributed by atoms with Gasteiger partial charge in [-0.3, -0.25) is 0 Å². The van der Waals surface area contributed by atoms with Crippen molar-refractivity contribution in [3.05, 3.63) is 83.7 Å². The lowest BCUT2D eigenvalue weighted by atomic mass is 10.2. The molecule has 0 amide bonds. The first kappa shape index (κ1) is 22.5. The number of rotatable bonds is 5. The predicted octanol–water partition coefficient (Wildman–Crippen LogP) is 7.80. The van der Waals surface area contributed by atoms with E-state index in [0.717, 1.165) is 6.42 Å². The molecule has 0 heterocycles. The Bertz CT molecular complexity index is 811. The molecule has 0 fully saturated rings. The van der Waals surface area contributed by atoms with Crippen LogP contribution >= 0.6 is 15.8 Å². The Kier molecular flexibility index (Phi) is 6.88. The quantitative estimate of drug-likeness (QED) is 0.431. The van der Waals surface area contributed by atoms with Gasteiger partial charge in [-0.1, -0.05) is 135 Å². The van der Waals surface area contributed by atoms with Gasteiger partial charge in [0.15, 0.2) is 0 Å². The fourth-order valence-corrected chi connectivity index (χ4v) is 12.6. The first-order chi connectivity index (χ1) is 13.6. The van der Waals surface area contributed by atoms with Crippen LogP contribution in [0.3, 0.4) is 0 Å². The lowest BCUT2D eigenvalue weighted by molar-refractivity contribution is 0.693. The van der Waals surface area contributed by atoms with E-state index in [1.54, 1.807) is 10.9 Å². The van der Waals surface area contributed by atoms with Gasteiger partial charge in [-0.15, -0.1) is 0 Å². The van der Waals surface area contributed by atoms with Gasteiger partial charge in [0, 0.05) is 0 Å². The van der Waals surface area contributed by atoms with Gasteiger partial charge in [0.25, 0.3) is 0 Å². The van der Waals surface area contributed by atoms with E-state index in [-0.39, 0.29) is 7.92 Å². The zero-order valence-corrected chi connectivity index (χ0v) is 20.9. The van der Waals surface area contributed by atoms with Gasteiger partial charge in [-0.2, -0.15) is 0 Å². The maximum atomic E-state index is 2.51. The number of hydrogen-bond acceptors (Lipinski definition) is 0. The van der Waals surface area contributed by atoms with Crippen LogP contribution in [0, 0.1) is 0 Å². The average molecular weight is 423 g/mol. The molecule has 0 nitrogen and oxygen atoms in total. The molecule has 1 aliphatic carbocycles. The number of benzene rings is 2. The molecule has 2 heteroatoms. The van der Waals surface area contributed by atoms with Crippen molar-refractivity contribution in [3.63, 3.8) is 0 Å². The third-order valence-corrected chi connectivity index (χ3v) is 12.1. The van der Waals surface area contributed by atoms with Crippen molar-refractivity contribution < 1.29 is 0 Å². The van der Waals surface area contributed by atoms with Crippen LogP contribution in [0.25, 0.3) is 0 Å². The van der Waals surface area contributed by atoms with E-state index in [1.807, 2.05) is 0 Å². The molecule has 0 spiro atoms. The zero-order chi connectivity index (χ0) is 21.2. The van der Waals surface area contributed by atoms with Crippen molar-refractivity contribution in [1.29, 1.82) is 0 Å². The van der Waals surface area contributed by atoms with Crippen LogP contribution in [0.2, 0.25) is 0 Å². The first-order valence-corrected chi connectivity index (χ1v) is 13.4. The summed E-state index contributed by atoms with van der Waals surface area (Å²) in [6.07, 6.45) is 5.96. The predicted molar refractivity (Wildman–Crippen MR) is 136 cm³/mol. The standard InChI is InChI=1S/C27H36P2/c1-21(29(26(2,3)4)27(5,6)7)24-19-14-20-25(24)28(22-15-10-8-11-16-22)23-17-12-9-13-18-23/h8-18,20-21H,19H2,1-7H3/t21-/m1/s1. The van der Waals surface area contributed by atoms with Crippen LogP contribution in [0.4, 0.5) is 0 Å². The summed E-state index contributed by atoms with van der Waals surface area (Å²) < 4.78 is 0. The van der Waals surface area contributed by atoms with Gasteiger partial charge in [-0.25, -0.2) is 0 Å². The van der Waals surface area contributed by atoms with E-state index in [0.29, 0.717) is 16.0 Å². The molecule has 2 aromatic carbocycles. The van der Waals surface area contributed by atoms with Gasteiger partial charge in [0.1, 0.15) is 0 Å². The van der Waals surface area contributed by atoms with E-state index in [4.69, 9.17) is 0 Å². The third kappa shape index (κ3) is 5.10. The van der Waals surface area contributed by atoms with Crippen molar-refractivity contribution in [1.82, 2.24) is 0 Å². The molecule has 0 aromatic heterocycles. The van der Waals surface area contributed by atoms with Crippen LogP contribution in [0.1, 0.15) is 54.9 Å². The molecule has 0 unspecified atom stereocenters. The highest BCUT2D eigenvalue weighted by Gasteiger charge is 2.40. The van der Waals surface area contributed by atoms with Gasteiger partial charge >= 0.3 is 0 Å². The Morgan fingerprint density at radius 1 is 0.724 bits per heavy atom. The van der Waals surface area contributed by atoms with Crippen molar-refractivity contribution in [2.24, 2.45) is 0 Å². The van der Waals surface area contributed by atoms with Crippen LogP contribution in [-0.2, 0) is 0 Å². The zero-order valence-electron chi connectivity index (χ0n) is 19.1. The minimum absolute atomic E-state index is 0.192. The maximum Gasteiger partial charge on any atom is -0.000563 e. The molecule has 0 N–H and O–H groups in total. The van der Waals surface area contributed by atoms with E-state index in [9.17, 15) is 0 Å². The van der Waals surface area contributed by atoms with Crippen molar-refractivity contribution >= 4 is 26.5 Å². The Morgan fingerprint density at radius 3 is 1.59 bits per heavy atom. The monoisotopic (exact) mass is 422 g/mol. The Labute approximate surface area is 181 Å². The molecule has 29 heavy (non-hydrogen) atoms. The number of allylic oxidation sites excluding steroid dienone is 4. The summed E-state index contributed by atoms with van der Waals surface area (Å²) in [5.41, 5.74) is 2.30. The molecule has 0 saturated carbocycles. The first-order valence-electron chi connectivity index (χ1n) is 10.7. The van der Waals surface area contributed by atoms with Gasteiger partial charge in [0.05, 0.1) is 0 Å². The summed E-state index contributed by atoms with van der Waals surface area (Å²) in [5.74, 6) is 0. The second kappa shape index (κ2) is 8.88. The van der Waals surface area contributed by atoms with E-state index in [1.165, 1.54) is 10.6 Å². The highest BCUT2D eigenvalue weighted by atomic mass is 31.1. The van der Waals surface area contributed by atoms with Crippen molar-refractivity contribution in [3.8, 4) is 0 Å². The van der Waals surface area contributed by atoms with Crippen molar-refractivity contribution in [2.75, 3.05) is 0 Å². The summed E-state index contributed by atoms with van der Waals surface area (Å²) in [5, 5.41) is 5.16. The minimum atomic E-state index is -0.517. The van der Waals surface area contributed by atoms with Gasteiger partial charge in [-0.05, 0) is 46.2 Å².